The van der Waals surface area contributed by atoms with Gasteiger partial charge in [0.05, 0.1) is 6.10 Å². The predicted octanol–water partition coefficient (Wildman–Crippen LogP) is 1.95. The summed E-state index contributed by atoms with van der Waals surface area (Å²) in [6.45, 7) is 0.804. The van der Waals surface area contributed by atoms with Gasteiger partial charge in [-0.2, -0.15) is 0 Å². The number of aliphatic hydroxyl groups excluding tert-OH is 1. The first-order valence-electron chi connectivity index (χ1n) is 4.91. The standard InChI is InChI=1S/C11H14ClNO/c12-9-3-1-8(2-4-9)7-13-10-5-6-11(10)14/h1-4,10-11,13-14H,5-7H2/t10-,11-/m1/s1. The molecule has 0 heterocycles. The third-order valence-corrected chi connectivity index (χ3v) is 2.97. The van der Waals surface area contributed by atoms with E-state index in [4.69, 9.17) is 11.6 Å². The van der Waals surface area contributed by atoms with Gasteiger partial charge in [0.2, 0.25) is 0 Å². The highest BCUT2D eigenvalue weighted by atomic mass is 35.5. The molecule has 1 aromatic carbocycles. The lowest BCUT2D eigenvalue weighted by molar-refractivity contribution is 0.0493. The molecule has 1 saturated carbocycles. The molecule has 14 heavy (non-hydrogen) atoms. The van der Waals surface area contributed by atoms with E-state index < -0.39 is 0 Å². The molecule has 0 aromatic heterocycles. The van der Waals surface area contributed by atoms with E-state index in [9.17, 15) is 5.11 Å². The normalized spacial score (nSPS) is 25.9. The Kier molecular flexibility index (Phi) is 3.06. The maximum atomic E-state index is 9.35. The summed E-state index contributed by atoms with van der Waals surface area (Å²) >= 11 is 5.78. The topological polar surface area (TPSA) is 32.3 Å². The smallest absolute Gasteiger partial charge is 0.0693 e. The second kappa shape index (κ2) is 4.30. The second-order valence-corrected chi connectivity index (χ2v) is 4.19. The molecule has 0 spiro atoms. The van der Waals surface area contributed by atoms with Crippen LogP contribution in [0.25, 0.3) is 0 Å². The summed E-state index contributed by atoms with van der Waals surface area (Å²) in [4.78, 5) is 0. The molecule has 2 atom stereocenters. The van der Waals surface area contributed by atoms with E-state index in [0.29, 0.717) is 0 Å². The Morgan fingerprint density at radius 3 is 2.50 bits per heavy atom. The molecule has 0 amide bonds. The molecule has 0 bridgehead atoms. The minimum atomic E-state index is -0.151. The highest BCUT2D eigenvalue weighted by molar-refractivity contribution is 6.30. The Balaban J connectivity index is 1.83. The van der Waals surface area contributed by atoms with Crippen molar-refractivity contribution in [1.29, 1.82) is 0 Å². The average Bonchev–Trinajstić information content (AvgIpc) is 2.19. The third kappa shape index (κ3) is 2.27. The number of nitrogens with one attached hydrogen (secondary N) is 1. The lowest BCUT2D eigenvalue weighted by Crippen LogP contribution is -2.47. The van der Waals surface area contributed by atoms with E-state index in [0.717, 1.165) is 24.4 Å². The number of hydrogen-bond acceptors (Lipinski definition) is 2. The van der Waals surface area contributed by atoms with Crippen molar-refractivity contribution in [3.63, 3.8) is 0 Å². The molecule has 0 unspecified atom stereocenters. The van der Waals surface area contributed by atoms with Gasteiger partial charge in [0.15, 0.2) is 0 Å². The number of aliphatic hydroxyl groups is 1. The Labute approximate surface area is 88.9 Å². The van der Waals surface area contributed by atoms with Gasteiger partial charge in [0.25, 0.3) is 0 Å². The fourth-order valence-electron chi connectivity index (χ4n) is 1.57. The largest absolute Gasteiger partial charge is 0.392 e. The zero-order valence-corrected chi connectivity index (χ0v) is 8.67. The summed E-state index contributed by atoms with van der Waals surface area (Å²) in [7, 11) is 0. The summed E-state index contributed by atoms with van der Waals surface area (Å²) in [5, 5.41) is 13.4. The molecular formula is C11H14ClNO. The predicted molar refractivity (Wildman–Crippen MR) is 57.3 cm³/mol. The number of benzene rings is 1. The van der Waals surface area contributed by atoms with E-state index >= 15 is 0 Å². The van der Waals surface area contributed by atoms with Crippen molar-refractivity contribution >= 4 is 11.6 Å². The van der Waals surface area contributed by atoms with Gasteiger partial charge < -0.3 is 10.4 Å². The number of hydrogen-bond donors (Lipinski definition) is 2. The van der Waals surface area contributed by atoms with Crippen LogP contribution in [0.4, 0.5) is 0 Å². The molecule has 76 valence electrons. The van der Waals surface area contributed by atoms with Crippen molar-refractivity contribution in [3.8, 4) is 0 Å². The quantitative estimate of drug-likeness (QED) is 0.801. The van der Waals surface area contributed by atoms with Crippen LogP contribution < -0.4 is 5.32 Å². The highest BCUT2D eigenvalue weighted by Gasteiger charge is 2.27. The van der Waals surface area contributed by atoms with Gasteiger partial charge in [-0.3, -0.25) is 0 Å². The van der Waals surface area contributed by atoms with Crippen LogP contribution in [0.5, 0.6) is 0 Å². The summed E-state index contributed by atoms with van der Waals surface area (Å²) in [5.74, 6) is 0. The van der Waals surface area contributed by atoms with Crippen molar-refractivity contribution in [3.05, 3.63) is 34.9 Å². The molecule has 1 fully saturated rings. The Hall–Kier alpha value is -0.570. The van der Waals surface area contributed by atoms with E-state index in [1.54, 1.807) is 0 Å². The number of rotatable bonds is 3. The first-order chi connectivity index (χ1) is 6.75. The molecule has 2 nitrogen and oxygen atoms in total. The van der Waals surface area contributed by atoms with Crippen LogP contribution in [0, 0.1) is 0 Å². The van der Waals surface area contributed by atoms with E-state index in [-0.39, 0.29) is 12.1 Å². The monoisotopic (exact) mass is 211 g/mol. The molecule has 1 aromatic rings. The van der Waals surface area contributed by atoms with Gasteiger partial charge in [-0.15, -0.1) is 0 Å². The zero-order valence-electron chi connectivity index (χ0n) is 7.91. The van der Waals surface area contributed by atoms with Crippen LogP contribution in [-0.2, 0) is 6.54 Å². The Morgan fingerprint density at radius 2 is 2.00 bits per heavy atom. The average molecular weight is 212 g/mol. The molecule has 0 saturated heterocycles. The molecular weight excluding hydrogens is 198 g/mol. The molecule has 1 aliphatic carbocycles. The third-order valence-electron chi connectivity index (χ3n) is 2.72. The van der Waals surface area contributed by atoms with Gasteiger partial charge >= 0.3 is 0 Å². The van der Waals surface area contributed by atoms with Crippen LogP contribution in [0.1, 0.15) is 18.4 Å². The molecule has 3 heteroatoms. The minimum Gasteiger partial charge on any atom is -0.392 e. The first-order valence-corrected chi connectivity index (χ1v) is 5.29. The van der Waals surface area contributed by atoms with Crippen LogP contribution in [0.15, 0.2) is 24.3 Å². The molecule has 2 rings (SSSR count). The zero-order chi connectivity index (χ0) is 9.97. The minimum absolute atomic E-state index is 0.151. The summed E-state index contributed by atoms with van der Waals surface area (Å²) in [5.41, 5.74) is 1.20. The van der Waals surface area contributed by atoms with Gasteiger partial charge in [-0.1, -0.05) is 23.7 Å². The number of halogens is 1. The Morgan fingerprint density at radius 1 is 1.29 bits per heavy atom. The molecule has 1 aliphatic rings. The first kappa shape index (κ1) is 9.97. The Bertz CT molecular complexity index is 299. The van der Waals surface area contributed by atoms with E-state index in [1.807, 2.05) is 24.3 Å². The van der Waals surface area contributed by atoms with Crippen molar-refractivity contribution in [2.75, 3.05) is 0 Å². The summed E-state index contributed by atoms with van der Waals surface area (Å²) in [6, 6.07) is 8.05. The fraction of sp³-hybridized carbons (Fsp3) is 0.455. The van der Waals surface area contributed by atoms with Crippen LogP contribution in [0.2, 0.25) is 5.02 Å². The molecule has 0 aliphatic heterocycles. The van der Waals surface area contributed by atoms with Crippen LogP contribution in [-0.4, -0.2) is 17.3 Å². The van der Waals surface area contributed by atoms with Crippen molar-refractivity contribution in [2.24, 2.45) is 0 Å². The highest BCUT2D eigenvalue weighted by Crippen LogP contribution is 2.20. The fourth-order valence-corrected chi connectivity index (χ4v) is 1.70. The van der Waals surface area contributed by atoms with E-state index in [1.165, 1.54) is 5.56 Å². The van der Waals surface area contributed by atoms with Crippen molar-refractivity contribution in [2.45, 2.75) is 31.5 Å². The van der Waals surface area contributed by atoms with Crippen molar-refractivity contribution in [1.82, 2.24) is 5.32 Å². The SMILES string of the molecule is O[C@@H]1CC[C@H]1NCc1ccc(Cl)cc1. The molecule has 0 radical (unpaired) electrons. The van der Waals surface area contributed by atoms with Crippen molar-refractivity contribution < 1.29 is 5.11 Å². The van der Waals surface area contributed by atoms with Crippen LogP contribution >= 0.6 is 11.6 Å². The van der Waals surface area contributed by atoms with Crippen LogP contribution in [0.3, 0.4) is 0 Å². The van der Waals surface area contributed by atoms with Gasteiger partial charge in [0.1, 0.15) is 0 Å². The second-order valence-electron chi connectivity index (χ2n) is 3.76. The maximum Gasteiger partial charge on any atom is 0.0693 e. The lowest BCUT2D eigenvalue weighted by atomic mass is 9.89. The summed E-state index contributed by atoms with van der Waals surface area (Å²) < 4.78 is 0. The van der Waals surface area contributed by atoms with Gasteiger partial charge in [-0.25, -0.2) is 0 Å². The molecule has 2 N–H and O–H groups in total. The van der Waals surface area contributed by atoms with Gasteiger partial charge in [0, 0.05) is 17.6 Å². The van der Waals surface area contributed by atoms with E-state index in [2.05, 4.69) is 5.32 Å². The van der Waals surface area contributed by atoms with Gasteiger partial charge in [-0.05, 0) is 30.5 Å². The maximum absolute atomic E-state index is 9.35. The lowest BCUT2D eigenvalue weighted by Gasteiger charge is -2.33. The summed E-state index contributed by atoms with van der Waals surface area (Å²) in [6.07, 6.45) is 1.86.